The van der Waals surface area contributed by atoms with Crippen LogP contribution in [0.1, 0.15) is 5.56 Å². The van der Waals surface area contributed by atoms with Crippen LogP contribution in [0.25, 0.3) is 22.6 Å². The van der Waals surface area contributed by atoms with Crippen molar-refractivity contribution < 1.29 is 22.4 Å². The molecule has 0 saturated heterocycles. The number of halogens is 4. The molecule has 8 heteroatoms. The van der Waals surface area contributed by atoms with Crippen LogP contribution in [0.2, 0.25) is 5.02 Å². The fraction of sp³-hybridized carbons (Fsp3) is 0.176. The molecule has 1 amide bonds. The molecule has 0 unspecified atom stereocenters. The van der Waals surface area contributed by atoms with Crippen LogP contribution in [0.3, 0.4) is 0 Å². The van der Waals surface area contributed by atoms with Crippen LogP contribution in [0, 0.1) is 6.92 Å². The van der Waals surface area contributed by atoms with Gasteiger partial charge in [0.2, 0.25) is 5.89 Å². The number of hydrogen-bond acceptors (Lipinski definition) is 3. The molecule has 0 aliphatic heterocycles. The summed E-state index contributed by atoms with van der Waals surface area (Å²) in [4.78, 5) is 16.3. The second-order valence-corrected chi connectivity index (χ2v) is 5.88. The first-order valence-electron chi connectivity index (χ1n) is 7.19. The highest BCUT2D eigenvalue weighted by Crippen LogP contribution is 2.33. The third-order valence-electron chi connectivity index (χ3n) is 3.70. The van der Waals surface area contributed by atoms with E-state index in [4.69, 9.17) is 16.0 Å². The maximum atomic E-state index is 12.6. The fourth-order valence-electron chi connectivity index (χ4n) is 2.43. The third-order valence-corrected chi connectivity index (χ3v) is 4.03. The number of amides is 1. The number of aryl methyl sites for hydroxylation is 1. The highest BCUT2D eigenvalue weighted by atomic mass is 35.5. The number of benzene rings is 2. The van der Waals surface area contributed by atoms with Crippen molar-refractivity contribution in [2.75, 3.05) is 11.9 Å². The monoisotopic (exact) mass is 368 g/mol. The van der Waals surface area contributed by atoms with Crippen molar-refractivity contribution in [3.8, 4) is 11.5 Å². The number of aromatic nitrogens is 1. The second-order valence-electron chi connectivity index (χ2n) is 5.47. The van der Waals surface area contributed by atoms with E-state index in [0.717, 1.165) is 7.05 Å². The first-order chi connectivity index (χ1) is 11.7. The molecule has 0 aliphatic rings. The SMILES string of the molecule is Cc1cc(N(C)C(=O)C(F)(F)F)cc2nc(-c3ccccc3Cl)oc12. The van der Waals surface area contributed by atoms with Gasteiger partial charge < -0.3 is 9.32 Å². The van der Waals surface area contributed by atoms with Crippen LogP contribution in [-0.4, -0.2) is 24.1 Å². The van der Waals surface area contributed by atoms with E-state index in [9.17, 15) is 18.0 Å². The van der Waals surface area contributed by atoms with E-state index in [1.165, 1.54) is 12.1 Å². The predicted molar refractivity (Wildman–Crippen MR) is 88.7 cm³/mol. The first-order valence-corrected chi connectivity index (χ1v) is 7.57. The lowest BCUT2D eigenvalue weighted by Crippen LogP contribution is -2.38. The second kappa shape index (κ2) is 6.07. The number of fused-ring (bicyclic) bond motifs is 1. The summed E-state index contributed by atoms with van der Waals surface area (Å²) in [7, 11) is 1.06. The number of nitrogens with zero attached hydrogens (tertiary/aromatic N) is 2. The van der Waals surface area contributed by atoms with Crippen molar-refractivity contribution in [2.45, 2.75) is 13.1 Å². The molecule has 0 aliphatic carbocycles. The van der Waals surface area contributed by atoms with Gasteiger partial charge >= 0.3 is 12.1 Å². The van der Waals surface area contributed by atoms with Gasteiger partial charge in [-0.25, -0.2) is 4.98 Å². The zero-order valence-electron chi connectivity index (χ0n) is 13.2. The summed E-state index contributed by atoms with van der Waals surface area (Å²) in [6.07, 6.45) is -4.95. The Morgan fingerprint density at radius 1 is 1.24 bits per heavy atom. The van der Waals surface area contributed by atoms with E-state index < -0.39 is 12.1 Å². The number of carbonyl (C=O) groups excluding carboxylic acids is 1. The van der Waals surface area contributed by atoms with E-state index in [1.807, 2.05) is 0 Å². The van der Waals surface area contributed by atoms with Crippen molar-refractivity contribution in [3.63, 3.8) is 0 Å². The molecule has 1 heterocycles. The van der Waals surface area contributed by atoms with E-state index in [0.29, 0.717) is 32.1 Å². The molecule has 1 aromatic heterocycles. The van der Waals surface area contributed by atoms with Crippen LogP contribution in [0.15, 0.2) is 40.8 Å². The van der Waals surface area contributed by atoms with Crippen LogP contribution >= 0.6 is 11.6 Å². The minimum absolute atomic E-state index is 0.0753. The average Bonchev–Trinajstić information content (AvgIpc) is 2.97. The normalized spacial score (nSPS) is 11.8. The molecule has 0 bridgehead atoms. The van der Waals surface area contributed by atoms with Crippen molar-refractivity contribution in [3.05, 3.63) is 47.0 Å². The molecule has 25 heavy (non-hydrogen) atoms. The van der Waals surface area contributed by atoms with E-state index in [1.54, 1.807) is 31.2 Å². The average molecular weight is 369 g/mol. The van der Waals surface area contributed by atoms with Gasteiger partial charge in [0, 0.05) is 12.7 Å². The van der Waals surface area contributed by atoms with Gasteiger partial charge in [0.05, 0.1) is 10.6 Å². The Balaban J connectivity index is 2.09. The standard InChI is InChI=1S/C17H12ClF3N2O2/c1-9-7-10(23(2)16(24)17(19,20)21)8-13-14(9)25-15(22-13)11-5-3-4-6-12(11)18/h3-8H,1-2H3. The Morgan fingerprint density at radius 2 is 1.92 bits per heavy atom. The Morgan fingerprint density at radius 3 is 2.56 bits per heavy atom. The summed E-state index contributed by atoms with van der Waals surface area (Å²) < 4.78 is 43.6. The Labute approximate surface area is 145 Å². The Hall–Kier alpha value is -2.54. The molecule has 0 atom stereocenters. The zero-order valence-corrected chi connectivity index (χ0v) is 13.9. The molecule has 0 saturated carbocycles. The maximum Gasteiger partial charge on any atom is 0.471 e. The molecule has 130 valence electrons. The molecule has 0 N–H and O–H groups in total. The largest absolute Gasteiger partial charge is 0.471 e. The molecular formula is C17H12ClF3N2O2. The van der Waals surface area contributed by atoms with Crippen LogP contribution in [-0.2, 0) is 4.79 Å². The topological polar surface area (TPSA) is 46.3 Å². The zero-order chi connectivity index (χ0) is 18.4. The summed E-state index contributed by atoms with van der Waals surface area (Å²) in [6.45, 7) is 1.67. The summed E-state index contributed by atoms with van der Waals surface area (Å²) in [5, 5.41) is 0.441. The highest BCUT2D eigenvalue weighted by Gasteiger charge is 2.41. The molecule has 2 aromatic carbocycles. The first kappa shape index (κ1) is 17.3. The summed E-state index contributed by atoms with van der Waals surface area (Å²) >= 11 is 6.12. The highest BCUT2D eigenvalue weighted by molar-refractivity contribution is 6.33. The van der Waals surface area contributed by atoms with E-state index in [2.05, 4.69) is 4.98 Å². The van der Waals surface area contributed by atoms with Crippen molar-refractivity contribution in [2.24, 2.45) is 0 Å². The predicted octanol–water partition coefficient (Wildman–Crippen LogP) is 4.98. The van der Waals surface area contributed by atoms with Crippen LogP contribution < -0.4 is 4.90 Å². The number of anilines is 1. The molecule has 0 radical (unpaired) electrons. The minimum Gasteiger partial charge on any atom is -0.436 e. The van der Waals surface area contributed by atoms with Gasteiger partial charge in [0.1, 0.15) is 5.52 Å². The molecule has 3 aromatic rings. The molecule has 4 nitrogen and oxygen atoms in total. The lowest BCUT2D eigenvalue weighted by molar-refractivity contribution is -0.170. The molecular weight excluding hydrogens is 357 g/mol. The number of hydrogen-bond donors (Lipinski definition) is 0. The number of oxazole rings is 1. The Bertz CT molecular complexity index is 966. The van der Waals surface area contributed by atoms with E-state index in [-0.39, 0.29) is 11.6 Å². The minimum atomic E-state index is -4.95. The van der Waals surface area contributed by atoms with Gasteiger partial charge in [-0.15, -0.1) is 0 Å². The van der Waals surface area contributed by atoms with Crippen LogP contribution in [0.4, 0.5) is 18.9 Å². The van der Waals surface area contributed by atoms with Gasteiger partial charge in [-0.05, 0) is 36.8 Å². The van der Waals surface area contributed by atoms with Crippen LogP contribution in [0.5, 0.6) is 0 Å². The quantitative estimate of drug-likeness (QED) is 0.640. The van der Waals surface area contributed by atoms with Gasteiger partial charge in [-0.2, -0.15) is 13.2 Å². The summed E-state index contributed by atoms with van der Waals surface area (Å²) in [6, 6.07) is 9.74. The maximum absolute atomic E-state index is 12.6. The summed E-state index contributed by atoms with van der Waals surface area (Å²) in [5.74, 6) is -1.70. The molecule has 0 fully saturated rings. The number of alkyl halides is 3. The van der Waals surface area contributed by atoms with Crippen molar-refractivity contribution in [1.29, 1.82) is 0 Å². The molecule has 0 spiro atoms. The lowest BCUT2D eigenvalue weighted by atomic mass is 10.2. The molecule has 3 rings (SSSR count). The van der Waals surface area contributed by atoms with Gasteiger partial charge in [0.25, 0.3) is 0 Å². The lowest BCUT2D eigenvalue weighted by Gasteiger charge is -2.19. The number of carbonyl (C=O) groups is 1. The number of rotatable bonds is 2. The van der Waals surface area contributed by atoms with Gasteiger partial charge in [0.15, 0.2) is 5.58 Å². The van der Waals surface area contributed by atoms with Gasteiger partial charge in [-0.1, -0.05) is 23.7 Å². The smallest absolute Gasteiger partial charge is 0.436 e. The van der Waals surface area contributed by atoms with Crippen molar-refractivity contribution in [1.82, 2.24) is 4.98 Å². The van der Waals surface area contributed by atoms with Gasteiger partial charge in [-0.3, -0.25) is 4.79 Å². The fourth-order valence-corrected chi connectivity index (χ4v) is 2.65. The third kappa shape index (κ3) is 3.19. The van der Waals surface area contributed by atoms with E-state index >= 15 is 0 Å². The Kier molecular flexibility index (Phi) is 4.20. The van der Waals surface area contributed by atoms with Crippen molar-refractivity contribution >= 4 is 34.3 Å². The summed E-state index contributed by atoms with van der Waals surface area (Å²) in [5.41, 5.74) is 1.96.